The van der Waals surface area contributed by atoms with E-state index in [-0.39, 0.29) is 12.0 Å². The normalized spacial score (nSPS) is 18.7. The summed E-state index contributed by atoms with van der Waals surface area (Å²) >= 11 is 1.62. The molecule has 0 N–H and O–H groups in total. The van der Waals surface area contributed by atoms with Gasteiger partial charge in [-0.3, -0.25) is 9.69 Å². The van der Waals surface area contributed by atoms with Crippen LogP contribution in [-0.4, -0.2) is 48.3 Å². The Labute approximate surface area is 145 Å². The van der Waals surface area contributed by atoms with Crippen LogP contribution >= 0.6 is 11.3 Å². The second-order valence-corrected chi connectivity index (χ2v) is 6.52. The van der Waals surface area contributed by atoms with Crippen molar-refractivity contribution in [2.45, 2.75) is 32.9 Å². The second-order valence-electron chi connectivity index (χ2n) is 5.74. The monoisotopic (exact) mass is 350 g/mol. The van der Waals surface area contributed by atoms with Gasteiger partial charge in [-0.25, -0.2) is 4.98 Å². The summed E-state index contributed by atoms with van der Waals surface area (Å²) in [6.07, 6.45) is 0.335. The Morgan fingerprint density at radius 2 is 2.42 bits per heavy atom. The first kappa shape index (κ1) is 17.1. The number of carbonyl (C=O) groups is 1. The van der Waals surface area contributed by atoms with Crippen molar-refractivity contribution in [2.75, 3.05) is 26.4 Å². The highest BCUT2D eigenvalue weighted by Gasteiger charge is 2.27. The van der Waals surface area contributed by atoms with Gasteiger partial charge in [-0.05, 0) is 25.3 Å². The van der Waals surface area contributed by atoms with Crippen molar-refractivity contribution in [1.82, 2.24) is 9.88 Å². The summed E-state index contributed by atoms with van der Waals surface area (Å²) in [5.74, 6) is 1.28. The molecule has 0 aliphatic carbocycles. The molecule has 0 radical (unpaired) electrons. The Kier molecular flexibility index (Phi) is 5.65. The van der Waals surface area contributed by atoms with Crippen LogP contribution in [0.4, 0.5) is 0 Å². The minimum Gasteiger partial charge on any atom is -0.466 e. The van der Waals surface area contributed by atoms with E-state index in [1.165, 1.54) is 0 Å². The Bertz CT molecular complexity index is 668. The molecule has 0 bridgehead atoms. The topological polar surface area (TPSA) is 64.8 Å². The largest absolute Gasteiger partial charge is 0.466 e. The van der Waals surface area contributed by atoms with Crippen LogP contribution in [0, 0.1) is 6.92 Å². The number of thiophene rings is 1. The minimum absolute atomic E-state index is 0.0125. The second kappa shape index (κ2) is 7.92. The molecule has 2 aromatic rings. The average molecular weight is 350 g/mol. The van der Waals surface area contributed by atoms with Gasteiger partial charge in [0.25, 0.3) is 0 Å². The van der Waals surface area contributed by atoms with Crippen molar-refractivity contribution in [3.05, 3.63) is 28.3 Å². The summed E-state index contributed by atoms with van der Waals surface area (Å²) in [7, 11) is 0. The zero-order valence-electron chi connectivity index (χ0n) is 14.0. The van der Waals surface area contributed by atoms with Gasteiger partial charge >= 0.3 is 5.97 Å². The van der Waals surface area contributed by atoms with Crippen molar-refractivity contribution >= 4 is 17.3 Å². The van der Waals surface area contributed by atoms with Gasteiger partial charge < -0.3 is 13.9 Å². The Balaban J connectivity index is 1.70. The standard InChI is InChI=1S/C17H22N2O4S/c1-3-22-16(20)8-14-10-21-6-5-19(14)9-15-12(2)23-17(18-15)13-4-7-24-11-13/h4,7,11,14H,3,5-6,8-10H2,1-2H3. The molecule has 0 aromatic carbocycles. The molecule has 24 heavy (non-hydrogen) atoms. The number of ether oxygens (including phenoxy) is 2. The molecular formula is C17H22N2O4S. The minimum atomic E-state index is -0.186. The number of hydrogen-bond donors (Lipinski definition) is 0. The smallest absolute Gasteiger partial charge is 0.307 e. The fraction of sp³-hybridized carbons (Fsp3) is 0.529. The average Bonchev–Trinajstić information content (AvgIpc) is 3.20. The highest BCUT2D eigenvalue weighted by Crippen LogP contribution is 2.25. The van der Waals surface area contributed by atoms with E-state index in [1.807, 2.05) is 30.7 Å². The van der Waals surface area contributed by atoms with E-state index >= 15 is 0 Å². The molecule has 2 aromatic heterocycles. The van der Waals surface area contributed by atoms with Gasteiger partial charge in [0.15, 0.2) is 0 Å². The van der Waals surface area contributed by atoms with Gasteiger partial charge in [0.2, 0.25) is 5.89 Å². The molecule has 0 saturated carbocycles. The molecule has 1 fully saturated rings. The van der Waals surface area contributed by atoms with E-state index in [2.05, 4.69) is 9.88 Å². The Morgan fingerprint density at radius 1 is 1.54 bits per heavy atom. The van der Waals surface area contributed by atoms with Crippen LogP contribution in [0.5, 0.6) is 0 Å². The fourth-order valence-corrected chi connectivity index (χ4v) is 3.40. The number of hydrogen-bond acceptors (Lipinski definition) is 7. The highest BCUT2D eigenvalue weighted by molar-refractivity contribution is 7.08. The van der Waals surface area contributed by atoms with E-state index in [9.17, 15) is 4.79 Å². The van der Waals surface area contributed by atoms with E-state index in [4.69, 9.17) is 13.9 Å². The van der Waals surface area contributed by atoms with Crippen molar-refractivity contribution < 1.29 is 18.7 Å². The predicted molar refractivity (Wildman–Crippen MR) is 90.8 cm³/mol. The Hall–Kier alpha value is -1.70. The lowest BCUT2D eigenvalue weighted by Crippen LogP contribution is -2.46. The van der Waals surface area contributed by atoms with Crippen LogP contribution in [0.25, 0.3) is 11.5 Å². The molecule has 0 amide bonds. The number of aromatic nitrogens is 1. The van der Waals surface area contributed by atoms with E-state index in [0.29, 0.717) is 38.7 Å². The molecule has 3 rings (SSSR count). The number of morpholine rings is 1. The van der Waals surface area contributed by atoms with Crippen molar-refractivity contribution in [3.8, 4) is 11.5 Å². The number of oxazole rings is 1. The number of nitrogens with zero attached hydrogens (tertiary/aromatic N) is 2. The molecule has 130 valence electrons. The molecule has 3 heterocycles. The van der Waals surface area contributed by atoms with Crippen molar-refractivity contribution in [3.63, 3.8) is 0 Å². The third-order valence-corrected chi connectivity index (χ3v) is 4.75. The first-order valence-electron chi connectivity index (χ1n) is 8.13. The summed E-state index contributed by atoms with van der Waals surface area (Å²) in [4.78, 5) is 18.7. The van der Waals surface area contributed by atoms with E-state index < -0.39 is 0 Å². The number of aryl methyl sites for hydroxylation is 1. The van der Waals surface area contributed by atoms with Gasteiger partial charge in [0.05, 0.1) is 31.9 Å². The maximum atomic E-state index is 11.8. The third kappa shape index (κ3) is 4.03. The zero-order valence-corrected chi connectivity index (χ0v) is 14.8. The van der Waals surface area contributed by atoms with Crippen molar-refractivity contribution in [1.29, 1.82) is 0 Å². The molecule has 1 aliphatic rings. The maximum Gasteiger partial charge on any atom is 0.307 e. The van der Waals surface area contributed by atoms with Crippen LogP contribution in [0.15, 0.2) is 21.2 Å². The quantitative estimate of drug-likeness (QED) is 0.747. The molecule has 0 spiro atoms. The van der Waals surface area contributed by atoms with Crippen LogP contribution < -0.4 is 0 Å². The van der Waals surface area contributed by atoms with Crippen LogP contribution in [0.2, 0.25) is 0 Å². The molecule has 1 atom stereocenters. The predicted octanol–water partition coefficient (Wildman–Crippen LogP) is 2.87. The molecule has 7 heteroatoms. The summed E-state index contributed by atoms with van der Waals surface area (Å²) in [6.45, 7) is 6.76. The van der Waals surface area contributed by atoms with Crippen LogP contribution in [0.1, 0.15) is 24.8 Å². The van der Waals surface area contributed by atoms with Gasteiger partial charge in [0.1, 0.15) is 5.76 Å². The summed E-state index contributed by atoms with van der Waals surface area (Å²) in [5.41, 5.74) is 1.91. The van der Waals surface area contributed by atoms with Crippen molar-refractivity contribution in [2.24, 2.45) is 0 Å². The molecule has 1 unspecified atom stereocenters. The summed E-state index contributed by atoms with van der Waals surface area (Å²) in [5, 5.41) is 4.03. The maximum absolute atomic E-state index is 11.8. The Morgan fingerprint density at radius 3 is 3.17 bits per heavy atom. The lowest BCUT2D eigenvalue weighted by Gasteiger charge is -2.34. The summed E-state index contributed by atoms with van der Waals surface area (Å²) < 4.78 is 16.4. The summed E-state index contributed by atoms with van der Waals surface area (Å²) in [6, 6.07) is 2.01. The highest BCUT2D eigenvalue weighted by atomic mass is 32.1. The van der Waals surface area contributed by atoms with Gasteiger partial charge in [0, 0.05) is 30.1 Å². The molecule has 1 saturated heterocycles. The van der Waals surface area contributed by atoms with Gasteiger partial charge in [-0.1, -0.05) is 0 Å². The van der Waals surface area contributed by atoms with Gasteiger partial charge in [-0.2, -0.15) is 11.3 Å². The zero-order chi connectivity index (χ0) is 16.9. The van der Waals surface area contributed by atoms with Crippen LogP contribution in [0.3, 0.4) is 0 Å². The SMILES string of the molecule is CCOC(=O)CC1COCCN1Cc1nc(-c2ccsc2)oc1C. The number of carbonyl (C=O) groups excluding carboxylic acids is 1. The van der Waals surface area contributed by atoms with E-state index in [0.717, 1.165) is 23.6 Å². The number of esters is 1. The molecule has 6 nitrogen and oxygen atoms in total. The first-order valence-corrected chi connectivity index (χ1v) is 9.08. The fourth-order valence-electron chi connectivity index (χ4n) is 2.77. The van der Waals surface area contributed by atoms with E-state index in [1.54, 1.807) is 11.3 Å². The lowest BCUT2D eigenvalue weighted by molar-refractivity contribution is -0.146. The van der Waals surface area contributed by atoms with Crippen LogP contribution in [-0.2, 0) is 20.8 Å². The number of rotatable bonds is 6. The van der Waals surface area contributed by atoms with Gasteiger partial charge in [-0.15, -0.1) is 0 Å². The molecular weight excluding hydrogens is 328 g/mol. The molecule has 1 aliphatic heterocycles. The third-order valence-electron chi connectivity index (χ3n) is 4.07. The first-order chi connectivity index (χ1) is 11.7. The lowest BCUT2D eigenvalue weighted by atomic mass is 10.1.